The Hall–Kier alpha value is -1.31. The molecule has 0 saturated heterocycles. The van der Waals surface area contributed by atoms with Crippen molar-refractivity contribution in [2.75, 3.05) is 0 Å². The average Bonchev–Trinajstić information content (AvgIpc) is 2.50. The predicted octanol–water partition coefficient (Wildman–Crippen LogP) is -0.0454. The van der Waals surface area contributed by atoms with Gasteiger partial charge in [0, 0.05) is 0 Å². The standard InChI is InChI=1S/3C4H6O4S.Sb/c3*5-3(6)1-2(9)4(7)8;/h3*2,9H,1H2,(H,5,6)(H,7,8);/q;;;+3/p-3. The molecule has 0 aliphatic heterocycles. The predicted molar refractivity (Wildman–Crippen MR) is 99.6 cm³/mol. The van der Waals surface area contributed by atoms with E-state index in [1.54, 1.807) is 0 Å². The molecule has 0 spiro atoms. The van der Waals surface area contributed by atoms with Crippen molar-refractivity contribution in [2.24, 2.45) is 0 Å². The van der Waals surface area contributed by atoms with E-state index in [0.717, 1.165) is 0 Å². The maximum atomic E-state index is 11.3. The summed E-state index contributed by atoms with van der Waals surface area (Å²) < 4.78 is 0. The maximum absolute atomic E-state index is 11.3. The molecule has 0 radical (unpaired) electrons. The van der Waals surface area contributed by atoms with Crippen LogP contribution in [0.2, 0.25) is 0 Å². The molecule has 0 bridgehead atoms. The Labute approximate surface area is 172 Å². The molecule has 0 aromatic rings. The van der Waals surface area contributed by atoms with Crippen LogP contribution < -0.4 is 0 Å². The summed E-state index contributed by atoms with van der Waals surface area (Å²) in [6.45, 7) is 0. The minimum atomic E-state index is -3.47. The van der Waals surface area contributed by atoms with Crippen LogP contribution >= 0.6 is 26.5 Å². The van der Waals surface area contributed by atoms with Gasteiger partial charge in [0.1, 0.15) is 0 Å². The van der Waals surface area contributed by atoms with E-state index in [2.05, 4.69) is 0 Å². The molecule has 3 atom stereocenters. The van der Waals surface area contributed by atoms with Crippen LogP contribution in [0.5, 0.6) is 0 Å². The fourth-order valence-corrected chi connectivity index (χ4v) is 29.5. The summed E-state index contributed by atoms with van der Waals surface area (Å²) in [5.41, 5.74) is 0. The quantitative estimate of drug-likeness (QED) is 0.142. The van der Waals surface area contributed by atoms with Crippen molar-refractivity contribution in [2.45, 2.75) is 35.0 Å². The van der Waals surface area contributed by atoms with Gasteiger partial charge in [0.2, 0.25) is 0 Å². The molecule has 0 saturated carbocycles. The number of carbonyl (C=O) groups is 6. The molecule has 0 fully saturated rings. The molecule has 12 nitrogen and oxygen atoms in total. The van der Waals surface area contributed by atoms with Crippen LogP contribution in [0.25, 0.3) is 0 Å². The summed E-state index contributed by atoms with van der Waals surface area (Å²) in [6, 6.07) is 0. The molecular formula is C12H15O12S3Sb. The molecule has 0 aliphatic rings. The number of carboxylic acid groups (broad SMARTS) is 6. The molecule has 0 aliphatic carbocycles. The van der Waals surface area contributed by atoms with E-state index in [0.29, 0.717) is 26.5 Å². The van der Waals surface area contributed by atoms with Crippen molar-refractivity contribution in [3.63, 3.8) is 0 Å². The van der Waals surface area contributed by atoms with Gasteiger partial charge in [-0.3, -0.25) is 0 Å². The number of rotatable bonds is 15. The average molecular weight is 569 g/mol. The van der Waals surface area contributed by atoms with E-state index in [9.17, 15) is 28.8 Å². The van der Waals surface area contributed by atoms with Crippen molar-refractivity contribution >= 4 is 78.4 Å². The zero-order valence-electron chi connectivity index (χ0n) is 13.7. The normalized spacial score (nSPS) is 14.0. The molecule has 28 heavy (non-hydrogen) atoms. The Bertz CT molecular complexity index is 556. The van der Waals surface area contributed by atoms with Crippen LogP contribution in [0, 0.1) is 0 Å². The Balaban J connectivity index is 5.64. The number of carboxylic acids is 6. The van der Waals surface area contributed by atoms with Crippen LogP contribution in [0.3, 0.4) is 0 Å². The van der Waals surface area contributed by atoms with E-state index in [1.165, 1.54) is 0 Å². The van der Waals surface area contributed by atoms with Gasteiger partial charge in [0.25, 0.3) is 0 Å². The van der Waals surface area contributed by atoms with Crippen molar-refractivity contribution in [3.8, 4) is 0 Å². The molecule has 6 N–H and O–H groups in total. The Morgan fingerprint density at radius 2 is 0.750 bits per heavy atom. The van der Waals surface area contributed by atoms with Crippen LogP contribution in [0.1, 0.15) is 19.3 Å². The summed E-state index contributed by atoms with van der Waals surface area (Å²) in [5.74, 6) is -8.89. The second-order valence-electron chi connectivity index (χ2n) is 4.81. The van der Waals surface area contributed by atoms with E-state index in [-0.39, 0.29) is 0 Å². The zero-order chi connectivity index (χ0) is 22.0. The van der Waals surface area contributed by atoms with Crippen LogP contribution in [-0.4, -0.2) is 98.2 Å². The summed E-state index contributed by atoms with van der Waals surface area (Å²) >= 11 is -3.47. The van der Waals surface area contributed by atoms with Crippen molar-refractivity contribution in [1.82, 2.24) is 0 Å². The van der Waals surface area contributed by atoms with Crippen molar-refractivity contribution < 1.29 is 59.4 Å². The topological polar surface area (TPSA) is 224 Å². The first-order valence-electron chi connectivity index (χ1n) is 6.97. The molecule has 0 heterocycles. The minimum absolute atomic E-state index is 0.588. The van der Waals surface area contributed by atoms with E-state index in [1.807, 2.05) is 0 Å². The zero-order valence-corrected chi connectivity index (χ0v) is 18.7. The summed E-state index contributed by atoms with van der Waals surface area (Å²) in [4.78, 5) is 66.3. The third kappa shape index (κ3) is 11.5. The Kier molecular flexibility index (Phi) is 12.4. The molecule has 158 valence electrons. The van der Waals surface area contributed by atoms with Gasteiger partial charge in [-0.25, -0.2) is 0 Å². The Morgan fingerprint density at radius 1 is 0.536 bits per heavy atom. The third-order valence-corrected chi connectivity index (χ3v) is 26.3. The van der Waals surface area contributed by atoms with Gasteiger partial charge in [0.15, 0.2) is 0 Å². The summed E-state index contributed by atoms with van der Waals surface area (Å²) in [6.07, 6.45) is -2.47. The second kappa shape index (κ2) is 13.0. The molecule has 0 aromatic carbocycles. The summed E-state index contributed by atoms with van der Waals surface area (Å²) in [5, 5.41) is 49.3. The molecule has 0 aromatic heterocycles. The van der Waals surface area contributed by atoms with Crippen LogP contribution in [-0.2, 0) is 28.8 Å². The van der Waals surface area contributed by atoms with Gasteiger partial charge in [-0.2, -0.15) is 0 Å². The van der Waals surface area contributed by atoms with E-state index in [4.69, 9.17) is 30.6 Å². The SMILES string of the molecule is O=C(O)CC([S][Sb]([S]C(CC(=O)O)C(=O)O)[S]C(CC(=O)O)C(=O)O)C(=O)O. The number of hydrogen-bond acceptors (Lipinski definition) is 9. The first kappa shape index (κ1) is 26.7. The molecular weight excluding hydrogens is 554 g/mol. The van der Waals surface area contributed by atoms with Crippen molar-refractivity contribution in [3.05, 3.63) is 0 Å². The van der Waals surface area contributed by atoms with Gasteiger partial charge in [-0.15, -0.1) is 0 Å². The van der Waals surface area contributed by atoms with Crippen LogP contribution in [0.4, 0.5) is 0 Å². The monoisotopic (exact) mass is 568 g/mol. The van der Waals surface area contributed by atoms with Crippen molar-refractivity contribution in [1.29, 1.82) is 0 Å². The van der Waals surface area contributed by atoms with E-state index >= 15 is 0 Å². The van der Waals surface area contributed by atoms with Crippen LogP contribution in [0.15, 0.2) is 0 Å². The molecule has 3 unspecified atom stereocenters. The molecule has 0 amide bonds. The van der Waals surface area contributed by atoms with Gasteiger partial charge in [-0.1, -0.05) is 0 Å². The first-order chi connectivity index (χ1) is 12.8. The molecule has 0 rings (SSSR count). The summed E-state index contributed by atoms with van der Waals surface area (Å²) in [7, 11) is 1.76. The third-order valence-electron chi connectivity index (χ3n) is 2.55. The number of hydrogen-bond donors (Lipinski definition) is 6. The van der Waals surface area contributed by atoms with Gasteiger partial charge < -0.3 is 0 Å². The van der Waals surface area contributed by atoms with Gasteiger partial charge in [-0.05, 0) is 0 Å². The van der Waals surface area contributed by atoms with E-state index < -0.39 is 86.8 Å². The second-order valence-corrected chi connectivity index (χ2v) is 25.8. The fourth-order valence-electron chi connectivity index (χ4n) is 1.37. The molecule has 16 heteroatoms. The first-order valence-corrected chi connectivity index (χ1v) is 18.9. The Morgan fingerprint density at radius 3 is 0.893 bits per heavy atom. The fraction of sp³-hybridized carbons (Fsp3) is 0.500. The van der Waals surface area contributed by atoms with Gasteiger partial charge >= 0.3 is 173 Å². The van der Waals surface area contributed by atoms with Gasteiger partial charge in [0.05, 0.1) is 0 Å². The number of aliphatic carboxylic acids is 6.